The van der Waals surface area contributed by atoms with Crippen LogP contribution in [0, 0.1) is 12.7 Å². The number of nitrogens with two attached hydrogens (primary N) is 1. The smallest absolute Gasteiger partial charge is 0.126 e. The fourth-order valence-corrected chi connectivity index (χ4v) is 1.77. The monoisotopic (exact) mass is 254 g/mol. The van der Waals surface area contributed by atoms with E-state index in [1.165, 1.54) is 6.07 Å². The standard InChI is InChI=1S/C14H23FN2O/c1-9-6-13(17(5)14(3,4)8-18)11(10(2)16)7-12(9)15/h6-7,10,18H,8,16H2,1-5H3/t10-/m1/s1. The van der Waals surface area contributed by atoms with Crippen molar-refractivity contribution in [1.82, 2.24) is 0 Å². The van der Waals surface area contributed by atoms with Gasteiger partial charge in [-0.25, -0.2) is 4.39 Å². The summed E-state index contributed by atoms with van der Waals surface area (Å²) in [6.07, 6.45) is 0. The first-order chi connectivity index (χ1) is 8.20. The van der Waals surface area contributed by atoms with Crippen molar-refractivity contribution in [1.29, 1.82) is 0 Å². The fourth-order valence-electron chi connectivity index (χ4n) is 1.77. The summed E-state index contributed by atoms with van der Waals surface area (Å²) < 4.78 is 13.6. The number of aliphatic hydroxyl groups is 1. The lowest BCUT2D eigenvalue weighted by Crippen LogP contribution is -2.45. The first-order valence-corrected chi connectivity index (χ1v) is 6.11. The Morgan fingerprint density at radius 1 is 1.44 bits per heavy atom. The molecule has 1 rings (SSSR count). The molecule has 3 N–H and O–H groups in total. The predicted molar refractivity (Wildman–Crippen MR) is 73.3 cm³/mol. The molecular weight excluding hydrogens is 231 g/mol. The number of hydrogen-bond donors (Lipinski definition) is 2. The third-order valence-corrected chi connectivity index (χ3v) is 3.45. The summed E-state index contributed by atoms with van der Waals surface area (Å²) in [5.41, 5.74) is 7.67. The molecule has 0 aliphatic carbocycles. The summed E-state index contributed by atoms with van der Waals surface area (Å²) in [6.45, 7) is 7.42. The van der Waals surface area contributed by atoms with Crippen molar-refractivity contribution >= 4 is 5.69 Å². The van der Waals surface area contributed by atoms with Gasteiger partial charge in [0.05, 0.1) is 12.1 Å². The molecule has 18 heavy (non-hydrogen) atoms. The number of aliphatic hydroxyl groups excluding tert-OH is 1. The lowest BCUT2D eigenvalue weighted by Gasteiger charge is -2.37. The van der Waals surface area contributed by atoms with Gasteiger partial charge in [-0.15, -0.1) is 0 Å². The highest BCUT2D eigenvalue weighted by Gasteiger charge is 2.26. The average Bonchev–Trinajstić information content (AvgIpc) is 2.30. The van der Waals surface area contributed by atoms with Gasteiger partial charge >= 0.3 is 0 Å². The Balaban J connectivity index is 3.34. The predicted octanol–water partition coefficient (Wildman–Crippen LogP) is 2.36. The molecule has 0 radical (unpaired) electrons. The van der Waals surface area contributed by atoms with Crippen molar-refractivity contribution in [3.8, 4) is 0 Å². The molecule has 1 aromatic carbocycles. The molecule has 0 aliphatic rings. The van der Waals surface area contributed by atoms with E-state index in [9.17, 15) is 9.50 Å². The van der Waals surface area contributed by atoms with E-state index in [4.69, 9.17) is 5.73 Å². The van der Waals surface area contributed by atoms with Crippen molar-refractivity contribution in [2.75, 3.05) is 18.6 Å². The van der Waals surface area contributed by atoms with E-state index in [1.54, 1.807) is 13.0 Å². The van der Waals surface area contributed by atoms with Crippen molar-refractivity contribution in [3.05, 3.63) is 29.1 Å². The Morgan fingerprint density at radius 2 is 2.00 bits per heavy atom. The van der Waals surface area contributed by atoms with E-state index in [1.807, 2.05) is 32.7 Å². The minimum absolute atomic E-state index is 0.0122. The zero-order valence-corrected chi connectivity index (χ0v) is 11.8. The lowest BCUT2D eigenvalue weighted by molar-refractivity contribution is 0.216. The lowest BCUT2D eigenvalue weighted by atomic mass is 9.98. The number of aryl methyl sites for hydroxylation is 1. The summed E-state index contributed by atoms with van der Waals surface area (Å²) >= 11 is 0. The Kier molecular flexibility index (Phi) is 4.35. The highest BCUT2D eigenvalue weighted by molar-refractivity contribution is 5.58. The first-order valence-electron chi connectivity index (χ1n) is 6.11. The van der Waals surface area contributed by atoms with Crippen LogP contribution in [0.4, 0.5) is 10.1 Å². The highest BCUT2D eigenvalue weighted by Crippen LogP contribution is 2.31. The van der Waals surface area contributed by atoms with Gasteiger partial charge in [-0.3, -0.25) is 0 Å². The molecule has 0 amide bonds. The van der Waals surface area contributed by atoms with Gasteiger partial charge in [-0.2, -0.15) is 0 Å². The van der Waals surface area contributed by atoms with Gasteiger partial charge in [0.2, 0.25) is 0 Å². The summed E-state index contributed by atoms with van der Waals surface area (Å²) in [7, 11) is 1.88. The summed E-state index contributed by atoms with van der Waals surface area (Å²) in [6, 6.07) is 3.01. The highest BCUT2D eigenvalue weighted by atomic mass is 19.1. The number of nitrogens with zero attached hydrogens (tertiary/aromatic N) is 1. The second kappa shape index (κ2) is 5.24. The van der Waals surface area contributed by atoms with Crippen molar-refractivity contribution < 1.29 is 9.50 Å². The second-order valence-corrected chi connectivity index (χ2v) is 5.48. The van der Waals surface area contributed by atoms with Gasteiger partial charge in [0.15, 0.2) is 0 Å². The van der Waals surface area contributed by atoms with Crippen molar-refractivity contribution in [2.24, 2.45) is 5.73 Å². The molecule has 0 spiro atoms. The maximum Gasteiger partial charge on any atom is 0.126 e. The van der Waals surface area contributed by atoms with Crippen LogP contribution in [-0.2, 0) is 0 Å². The minimum Gasteiger partial charge on any atom is -0.394 e. The number of hydrogen-bond acceptors (Lipinski definition) is 3. The quantitative estimate of drug-likeness (QED) is 0.867. The SMILES string of the molecule is Cc1cc(N(C)C(C)(C)CO)c([C@@H](C)N)cc1F. The van der Waals surface area contributed by atoms with E-state index >= 15 is 0 Å². The zero-order valence-electron chi connectivity index (χ0n) is 11.8. The maximum absolute atomic E-state index is 13.6. The van der Waals surface area contributed by atoms with E-state index in [0.717, 1.165) is 11.3 Å². The molecule has 1 atom stereocenters. The van der Waals surface area contributed by atoms with E-state index < -0.39 is 5.54 Å². The molecule has 3 nitrogen and oxygen atoms in total. The number of benzene rings is 1. The van der Waals surface area contributed by atoms with Crippen LogP contribution >= 0.6 is 0 Å². The molecule has 0 saturated carbocycles. The number of likely N-dealkylation sites (N-methyl/N-ethyl adjacent to an activating group) is 1. The zero-order chi connectivity index (χ0) is 14.1. The average molecular weight is 254 g/mol. The van der Waals surface area contributed by atoms with E-state index in [-0.39, 0.29) is 18.5 Å². The molecule has 4 heteroatoms. The van der Waals surface area contributed by atoms with Crippen LogP contribution in [0.5, 0.6) is 0 Å². The van der Waals surface area contributed by atoms with Gasteiger partial charge in [-0.05, 0) is 51.0 Å². The van der Waals surface area contributed by atoms with Gasteiger partial charge in [0.25, 0.3) is 0 Å². The summed E-state index contributed by atoms with van der Waals surface area (Å²) in [4.78, 5) is 1.94. The van der Waals surface area contributed by atoms with E-state index in [2.05, 4.69) is 0 Å². The largest absolute Gasteiger partial charge is 0.394 e. The molecule has 0 unspecified atom stereocenters. The topological polar surface area (TPSA) is 49.5 Å². The van der Waals surface area contributed by atoms with Crippen LogP contribution in [0.25, 0.3) is 0 Å². The van der Waals surface area contributed by atoms with Crippen LogP contribution in [0.3, 0.4) is 0 Å². The molecule has 0 saturated heterocycles. The molecular formula is C14H23FN2O. The number of rotatable bonds is 4. The Labute approximate surface area is 108 Å². The molecule has 102 valence electrons. The summed E-state index contributed by atoms with van der Waals surface area (Å²) in [5.74, 6) is -0.249. The third kappa shape index (κ3) is 2.82. The van der Waals surface area contributed by atoms with Gasteiger partial charge in [0.1, 0.15) is 5.82 Å². The normalized spacial score (nSPS) is 13.6. The van der Waals surface area contributed by atoms with Crippen LogP contribution in [0.15, 0.2) is 12.1 Å². The molecule has 0 aliphatic heterocycles. The maximum atomic E-state index is 13.6. The minimum atomic E-state index is -0.423. The van der Waals surface area contributed by atoms with Gasteiger partial charge in [0, 0.05) is 18.8 Å². The Bertz CT molecular complexity index is 430. The molecule has 1 aromatic rings. The molecule has 0 aromatic heterocycles. The van der Waals surface area contributed by atoms with Crippen molar-refractivity contribution in [3.63, 3.8) is 0 Å². The third-order valence-electron chi connectivity index (χ3n) is 3.45. The van der Waals surface area contributed by atoms with Crippen LogP contribution in [-0.4, -0.2) is 24.3 Å². The molecule has 0 bridgehead atoms. The first kappa shape index (κ1) is 14.9. The Hall–Kier alpha value is -1.13. The van der Waals surface area contributed by atoms with Crippen LogP contribution < -0.4 is 10.6 Å². The Morgan fingerprint density at radius 3 is 2.44 bits per heavy atom. The van der Waals surface area contributed by atoms with Crippen LogP contribution in [0.1, 0.15) is 37.9 Å². The molecule has 0 fully saturated rings. The fraction of sp³-hybridized carbons (Fsp3) is 0.571. The number of halogens is 1. The number of anilines is 1. The summed E-state index contributed by atoms with van der Waals surface area (Å²) in [5, 5.41) is 9.43. The van der Waals surface area contributed by atoms with Crippen LogP contribution in [0.2, 0.25) is 0 Å². The van der Waals surface area contributed by atoms with Crippen molar-refractivity contribution in [2.45, 2.75) is 39.3 Å². The second-order valence-electron chi connectivity index (χ2n) is 5.48. The molecule has 0 heterocycles. The van der Waals surface area contributed by atoms with Gasteiger partial charge < -0.3 is 15.7 Å². The van der Waals surface area contributed by atoms with E-state index in [0.29, 0.717) is 5.56 Å². The van der Waals surface area contributed by atoms with Gasteiger partial charge in [-0.1, -0.05) is 0 Å².